The topological polar surface area (TPSA) is 73.5 Å². The van der Waals surface area contributed by atoms with Crippen LogP contribution in [-0.4, -0.2) is 42.5 Å². The summed E-state index contributed by atoms with van der Waals surface area (Å²) in [6.07, 6.45) is 4.60. The van der Waals surface area contributed by atoms with E-state index in [2.05, 4.69) is 20.9 Å². The number of aryl methyl sites for hydroxylation is 1. The first kappa shape index (κ1) is 17.7. The van der Waals surface area contributed by atoms with Gasteiger partial charge in [-0.25, -0.2) is 9.18 Å². The summed E-state index contributed by atoms with van der Waals surface area (Å²) in [5, 5.41) is 8.09. The Kier molecular flexibility index (Phi) is 5.53. The minimum atomic E-state index is -0.556. The number of halogens is 1. The molecule has 0 saturated carbocycles. The number of rotatable bonds is 4. The Morgan fingerprint density at radius 1 is 1.28 bits per heavy atom. The SMILES string of the molecule is CC(CN1CCCCC1)NC(=O)Nc1cc2c(cc1F)NC(=O)CC2. The smallest absolute Gasteiger partial charge is 0.319 e. The first-order chi connectivity index (χ1) is 12.0. The summed E-state index contributed by atoms with van der Waals surface area (Å²) in [6, 6.07) is 2.43. The third-order valence-corrected chi connectivity index (χ3v) is 4.69. The van der Waals surface area contributed by atoms with E-state index in [4.69, 9.17) is 0 Å². The maximum atomic E-state index is 14.2. The van der Waals surface area contributed by atoms with Gasteiger partial charge in [0.05, 0.1) is 5.69 Å². The van der Waals surface area contributed by atoms with Crippen molar-refractivity contribution in [1.82, 2.24) is 10.2 Å². The summed E-state index contributed by atoms with van der Waals surface area (Å²) in [6.45, 7) is 4.89. The van der Waals surface area contributed by atoms with Gasteiger partial charge >= 0.3 is 6.03 Å². The zero-order chi connectivity index (χ0) is 17.8. The van der Waals surface area contributed by atoms with Crippen molar-refractivity contribution in [2.45, 2.75) is 45.1 Å². The molecule has 2 aliphatic rings. The lowest BCUT2D eigenvalue weighted by atomic mass is 10.0. The monoisotopic (exact) mass is 348 g/mol. The molecule has 25 heavy (non-hydrogen) atoms. The Morgan fingerprint density at radius 3 is 2.80 bits per heavy atom. The molecule has 0 aliphatic carbocycles. The van der Waals surface area contributed by atoms with Crippen molar-refractivity contribution in [3.63, 3.8) is 0 Å². The van der Waals surface area contributed by atoms with E-state index in [-0.39, 0.29) is 17.6 Å². The van der Waals surface area contributed by atoms with Crippen LogP contribution in [0.4, 0.5) is 20.6 Å². The Morgan fingerprint density at radius 2 is 2.04 bits per heavy atom. The summed E-state index contributed by atoms with van der Waals surface area (Å²) < 4.78 is 14.2. The molecule has 1 unspecified atom stereocenters. The lowest BCUT2D eigenvalue weighted by Gasteiger charge is -2.29. The highest BCUT2D eigenvalue weighted by Gasteiger charge is 2.19. The van der Waals surface area contributed by atoms with Gasteiger partial charge in [0.2, 0.25) is 5.91 Å². The largest absolute Gasteiger partial charge is 0.334 e. The molecule has 2 aliphatic heterocycles. The van der Waals surface area contributed by atoms with Gasteiger partial charge in [0, 0.05) is 24.7 Å². The zero-order valence-electron chi connectivity index (χ0n) is 14.5. The minimum absolute atomic E-state index is 0.0157. The molecular weight excluding hydrogens is 323 g/mol. The molecule has 3 rings (SSSR count). The van der Waals surface area contributed by atoms with Crippen molar-refractivity contribution >= 4 is 23.3 Å². The number of likely N-dealkylation sites (tertiary alicyclic amines) is 1. The van der Waals surface area contributed by atoms with Crippen LogP contribution < -0.4 is 16.0 Å². The molecule has 0 spiro atoms. The van der Waals surface area contributed by atoms with E-state index in [0.29, 0.717) is 18.5 Å². The van der Waals surface area contributed by atoms with Gasteiger partial charge in [0.25, 0.3) is 0 Å². The standard InChI is InChI=1S/C18H25FN4O2/c1-12(11-23-7-3-2-4-8-23)20-18(25)22-16-9-13-5-6-17(24)21-15(13)10-14(16)19/h9-10,12H,2-8,11H2,1H3,(H,21,24)(H2,20,22,25). The van der Waals surface area contributed by atoms with Gasteiger partial charge in [-0.3, -0.25) is 4.79 Å². The quantitative estimate of drug-likeness (QED) is 0.783. The first-order valence-corrected chi connectivity index (χ1v) is 8.93. The van der Waals surface area contributed by atoms with Gasteiger partial charge in [-0.1, -0.05) is 6.42 Å². The fourth-order valence-corrected chi connectivity index (χ4v) is 3.46. The lowest BCUT2D eigenvalue weighted by Crippen LogP contribution is -2.45. The van der Waals surface area contributed by atoms with E-state index in [1.807, 2.05) is 6.92 Å². The molecule has 1 aromatic carbocycles. The molecule has 3 N–H and O–H groups in total. The molecule has 1 fully saturated rings. The first-order valence-electron chi connectivity index (χ1n) is 8.93. The van der Waals surface area contributed by atoms with E-state index < -0.39 is 11.8 Å². The van der Waals surface area contributed by atoms with E-state index in [0.717, 1.165) is 25.2 Å². The fraction of sp³-hybridized carbons (Fsp3) is 0.556. The van der Waals surface area contributed by atoms with Crippen LogP contribution in [0.3, 0.4) is 0 Å². The van der Waals surface area contributed by atoms with Crippen LogP contribution >= 0.6 is 0 Å². The third-order valence-electron chi connectivity index (χ3n) is 4.69. The van der Waals surface area contributed by atoms with Crippen molar-refractivity contribution in [1.29, 1.82) is 0 Å². The Labute approximate surface area is 147 Å². The highest BCUT2D eigenvalue weighted by molar-refractivity contribution is 5.95. The van der Waals surface area contributed by atoms with Gasteiger partial charge in [0.15, 0.2) is 0 Å². The maximum Gasteiger partial charge on any atom is 0.319 e. The molecule has 6 nitrogen and oxygen atoms in total. The van der Waals surface area contributed by atoms with Crippen LogP contribution in [0.1, 0.15) is 38.2 Å². The summed E-state index contributed by atoms with van der Waals surface area (Å²) in [7, 11) is 0. The molecule has 3 amide bonds. The van der Waals surface area contributed by atoms with Crippen LogP contribution in [0, 0.1) is 5.82 Å². The molecule has 0 radical (unpaired) electrons. The molecule has 1 atom stereocenters. The number of benzene rings is 1. The molecule has 7 heteroatoms. The second-order valence-electron chi connectivity index (χ2n) is 6.90. The Hall–Kier alpha value is -2.15. The number of carbonyl (C=O) groups is 2. The summed E-state index contributed by atoms with van der Waals surface area (Å²) >= 11 is 0. The summed E-state index contributed by atoms with van der Waals surface area (Å²) in [4.78, 5) is 25.9. The van der Waals surface area contributed by atoms with Crippen LogP contribution in [-0.2, 0) is 11.2 Å². The molecule has 1 aromatic rings. The number of hydrogen-bond donors (Lipinski definition) is 3. The molecular formula is C18H25FN4O2. The number of anilines is 2. The van der Waals surface area contributed by atoms with Gasteiger partial charge in [-0.15, -0.1) is 0 Å². The average Bonchev–Trinajstić information content (AvgIpc) is 2.56. The van der Waals surface area contributed by atoms with Gasteiger partial charge in [-0.2, -0.15) is 0 Å². The normalized spacial score (nSPS) is 18.9. The average molecular weight is 348 g/mol. The number of piperidine rings is 1. The predicted octanol–water partition coefficient (Wildman–Crippen LogP) is 2.71. The van der Waals surface area contributed by atoms with Crippen LogP contribution in [0.5, 0.6) is 0 Å². The number of carbonyl (C=O) groups excluding carboxylic acids is 2. The molecule has 136 valence electrons. The van der Waals surface area contributed by atoms with Crippen molar-refractivity contribution in [3.8, 4) is 0 Å². The number of urea groups is 1. The third kappa shape index (κ3) is 4.69. The second-order valence-corrected chi connectivity index (χ2v) is 6.90. The number of amides is 3. The molecule has 2 heterocycles. The number of hydrogen-bond acceptors (Lipinski definition) is 3. The highest BCUT2D eigenvalue weighted by atomic mass is 19.1. The molecule has 0 aromatic heterocycles. The molecule has 1 saturated heterocycles. The number of nitrogens with zero attached hydrogens (tertiary/aromatic N) is 1. The van der Waals surface area contributed by atoms with E-state index in [9.17, 15) is 14.0 Å². The highest BCUT2D eigenvalue weighted by Crippen LogP contribution is 2.28. The number of fused-ring (bicyclic) bond motifs is 1. The fourth-order valence-electron chi connectivity index (χ4n) is 3.46. The lowest BCUT2D eigenvalue weighted by molar-refractivity contribution is -0.116. The van der Waals surface area contributed by atoms with E-state index in [1.54, 1.807) is 6.07 Å². The molecule has 0 bridgehead atoms. The van der Waals surface area contributed by atoms with Gasteiger partial charge in [-0.05, 0) is 57.0 Å². The van der Waals surface area contributed by atoms with E-state index in [1.165, 1.54) is 25.3 Å². The Balaban J connectivity index is 1.56. The maximum absolute atomic E-state index is 14.2. The van der Waals surface area contributed by atoms with Gasteiger partial charge in [0.1, 0.15) is 5.82 Å². The van der Waals surface area contributed by atoms with Crippen LogP contribution in [0.2, 0.25) is 0 Å². The Bertz CT molecular complexity index is 659. The van der Waals surface area contributed by atoms with Crippen molar-refractivity contribution < 1.29 is 14.0 Å². The van der Waals surface area contributed by atoms with Crippen molar-refractivity contribution in [3.05, 3.63) is 23.5 Å². The number of nitrogens with one attached hydrogen (secondary N) is 3. The van der Waals surface area contributed by atoms with Crippen molar-refractivity contribution in [2.24, 2.45) is 0 Å². The van der Waals surface area contributed by atoms with Crippen molar-refractivity contribution in [2.75, 3.05) is 30.3 Å². The zero-order valence-corrected chi connectivity index (χ0v) is 14.5. The van der Waals surface area contributed by atoms with Crippen LogP contribution in [0.25, 0.3) is 0 Å². The second kappa shape index (κ2) is 7.82. The summed E-state index contributed by atoms with van der Waals surface area (Å²) in [5.74, 6) is -0.670. The van der Waals surface area contributed by atoms with Gasteiger partial charge < -0.3 is 20.9 Å². The predicted molar refractivity (Wildman–Crippen MR) is 95.3 cm³/mol. The van der Waals surface area contributed by atoms with E-state index >= 15 is 0 Å². The summed E-state index contributed by atoms with van der Waals surface area (Å²) in [5.41, 5.74) is 1.45. The minimum Gasteiger partial charge on any atom is -0.334 e. The van der Waals surface area contributed by atoms with Crippen LogP contribution in [0.15, 0.2) is 12.1 Å².